The molecule has 2 N–H and O–H groups in total. The van der Waals surface area contributed by atoms with Gasteiger partial charge in [0.15, 0.2) is 0 Å². The van der Waals surface area contributed by atoms with Crippen molar-refractivity contribution in [2.45, 2.75) is 44.2 Å². The number of phenols is 1. The molecule has 0 saturated heterocycles. The lowest BCUT2D eigenvalue weighted by Crippen LogP contribution is -2.45. The zero-order valence-electron chi connectivity index (χ0n) is 20.6. The van der Waals surface area contributed by atoms with Crippen molar-refractivity contribution in [2.75, 3.05) is 13.2 Å². The van der Waals surface area contributed by atoms with Crippen LogP contribution in [0.5, 0.6) is 11.5 Å². The molecule has 0 aliphatic heterocycles. The van der Waals surface area contributed by atoms with Crippen molar-refractivity contribution in [3.05, 3.63) is 96.6 Å². The van der Waals surface area contributed by atoms with Crippen LogP contribution in [0.2, 0.25) is 0 Å². The molecule has 0 radical (unpaired) electrons. The molecule has 8 heteroatoms. The number of allylic oxidation sites excluding steroid dienone is 2. The second kappa shape index (κ2) is 13.4. The Morgan fingerprint density at radius 2 is 1.78 bits per heavy atom. The Hall–Kier alpha value is -3.94. The molecule has 0 aromatic heterocycles. The van der Waals surface area contributed by atoms with E-state index in [1.807, 2.05) is 0 Å². The molecule has 0 heterocycles. The van der Waals surface area contributed by atoms with Gasteiger partial charge in [-0.1, -0.05) is 55.7 Å². The first-order chi connectivity index (χ1) is 17.8. The van der Waals surface area contributed by atoms with Crippen molar-refractivity contribution in [3.63, 3.8) is 0 Å². The van der Waals surface area contributed by atoms with Crippen LogP contribution in [0.15, 0.2) is 85.5 Å². The summed E-state index contributed by atoms with van der Waals surface area (Å²) < 4.78 is 30.1. The summed E-state index contributed by atoms with van der Waals surface area (Å²) >= 11 is 0. The smallest absolute Gasteiger partial charge is 0.272 e. The molecule has 6 nitrogen and oxygen atoms in total. The fourth-order valence-electron chi connectivity index (χ4n) is 3.93. The number of benzene rings is 2. The lowest BCUT2D eigenvalue weighted by molar-refractivity contribution is -0.141. The van der Waals surface area contributed by atoms with Crippen LogP contribution in [-0.2, 0) is 16.0 Å². The second-order valence-electron chi connectivity index (χ2n) is 8.77. The Bertz CT molecular complexity index is 1110. The molecule has 1 aliphatic rings. The van der Waals surface area contributed by atoms with E-state index >= 15 is 0 Å². The molecule has 2 amide bonds. The first-order valence-electron chi connectivity index (χ1n) is 12.1. The summed E-state index contributed by atoms with van der Waals surface area (Å²) in [5.41, 5.74) is 2.21. The summed E-state index contributed by atoms with van der Waals surface area (Å²) in [6, 6.07) is 12.0. The van der Waals surface area contributed by atoms with Gasteiger partial charge in [0.05, 0.1) is 0 Å². The van der Waals surface area contributed by atoms with Crippen molar-refractivity contribution in [1.29, 1.82) is 0 Å². The Labute approximate surface area is 215 Å². The van der Waals surface area contributed by atoms with Gasteiger partial charge in [-0.2, -0.15) is 0 Å². The van der Waals surface area contributed by atoms with Gasteiger partial charge in [-0.25, -0.2) is 8.78 Å². The number of carbonyl (C=O) groups is 2. The van der Waals surface area contributed by atoms with Crippen molar-refractivity contribution >= 4 is 11.8 Å². The molecule has 1 saturated carbocycles. The average Bonchev–Trinajstić information content (AvgIpc) is 3.73. The van der Waals surface area contributed by atoms with Gasteiger partial charge in [0.25, 0.3) is 6.43 Å². The van der Waals surface area contributed by atoms with Gasteiger partial charge in [0.1, 0.15) is 24.1 Å². The Morgan fingerprint density at radius 1 is 1.11 bits per heavy atom. The SMILES string of the molecule is C=C/C=C(\C=C)CNC(=O)C(c1ccc(OCC(F)F)cc1)N(C(=O)CCc1ccc(O)cc1)C1CC1. The largest absolute Gasteiger partial charge is 0.508 e. The highest BCUT2D eigenvalue weighted by molar-refractivity contribution is 5.89. The van der Waals surface area contributed by atoms with E-state index in [1.165, 1.54) is 12.1 Å². The molecule has 1 fully saturated rings. The van der Waals surface area contributed by atoms with E-state index in [0.717, 1.165) is 24.0 Å². The van der Waals surface area contributed by atoms with E-state index in [9.17, 15) is 23.5 Å². The van der Waals surface area contributed by atoms with Gasteiger partial charge in [-0.15, -0.1) is 0 Å². The molecule has 0 spiro atoms. The number of hydrogen-bond acceptors (Lipinski definition) is 4. The van der Waals surface area contributed by atoms with E-state index in [2.05, 4.69) is 18.5 Å². The van der Waals surface area contributed by atoms with Gasteiger partial charge < -0.3 is 20.1 Å². The number of carbonyl (C=O) groups excluding carboxylic acids is 2. The first-order valence-corrected chi connectivity index (χ1v) is 12.1. The minimum atomic E-state index is -2.60. The third kappa shape index (κ3) is 8.31. The molecule has 1 unspecified atom stereocenters. The zero-order valence-corrected chi connectivity index (χ0v) is 20.6. The average molecular weight is 511 g/mol. The Balaban J connectivity index is 1.84. The third-order valence-electron chi connectivity index (χ3n) is 5.95. The number of rotatable bonds is 14. The second-order valence-corrected chi connectivity index (χ2v) is 8.77. The van der Waals surface area contributed by atoms with Crippen molar-refractivity contribution in [1.82, 2.24) is 10.2 Å². The number of ether oxygens (including phenoxy) is 1. The summed E-state index contributed by atoms with van der Waals surface area (Å²) in [6.07, 6.45) is 4.58. The van der Waals surface area contributed by atoms with Crippen LogP contribution in [-0.4, -0.2) is 47.4 Å². The summed E-state index contributed by atoms with van der Waals surface area (Å²) in [5.74, 6) is -0.123. The van der Waals surface area contributed by atoms with E-state index in [0.29, 0.717) is 12.0 Å². The maximum Gasteiger partial charge on any atom is 0.272 e. The summed E-state index contributed by atoms with van der Waals surface area (Å²) in [7, 11) is 0. The highest BCUT2D eigenvalue weighted by atomic mass is 19.3. The topological polar surface area (TPSA) is 78.9 Å². The van der Waals surface area contributed by atoms with Crippen LogP contribution in [0.25, 0.3) is 0 Å². The minimum Gasteiger partial charge on any atom is -0.508 e. The lowest BCUT2D eigenvalue weighted by atomic mass is 10.0. The van der Waals surface area contributed by atoms with Gasteiger partial charge in [0.2, 0.25) is 11.8 Å². The Morgan fingerprint density at radius 3 is 2.35 bits per heavy atom. The number of aromatic hydroxyl groups is 1. The normalized spacial score (nSPS) is 14.1. The van der Waals surface area contributed by atoms with Gasteiger partial charge >= 0.3 is 0 Å². The summed E-state index contributed by atoms with van der Waals surface area (Å²) in [4.78, 5) is 28.6. The molecule has 3 rings (SSSR count). The number of phenolic OH excluding ortho intramolecular Hbond substituents is 1. The van der Waals surface area contributed by atoms with Crippen LogP contribution in [0, 0.1) is 0 Å². The van der Waals surface area contributed by atoms with Crippen LogP contribution in [0.4, 0.5) is 8.78 Å². The minimum absolute atomic E-state index is 0.0691. The Kier molecular flexibility index (Phi) is 10.0. The third-order valence-corrected chi connectivity index (χ3v) is 5.95. The van der Waals surface area contributed by atoms with Crippen LogP contribution < -0.4 is 10.1 Å². The number of nitrogens with one attached hydrogen (secondary N) is 1. The number of hydrogen-bond donors (Lipinski definition) is 2. The monoisotopic (exact) mass is 510 g/mol. The van der Waals surface area contributed by atoms with Gasteiger partial charge in [-0.05, 0) is 60.2 Å². The van der Waals surface area contributed by atoms with Crippen molar-refractivity contribution in [3.8, 4) is 11.5 Å². The molecule has 37 heavy (non-hydrogen) atoms. The van der Waals surface area contributed by atoms with E-state index in [-0.39, 0.29) is 42.3 Å². The molecule has 2 aromatic rings. The predicted molar refractivity (Wildman–Crippen MR) is 138 cm³/mol. The predicted octanol–water partition coefficient (Wildman–Crippen LogP) is 5.12. The first kappa shape index (κ1) is 27.6. The van der Waals surface area contributed by atoms with Crippen LogP contribution in [0.1, 0.15) is 36.4 Å². The molecule has 0 bridgehead atoms. The molecule has 2 aromatic carbocycles. The van der Waals surface area contributed by atoms with E-state index in [1.54, 1.807) is 59.5 Å². The fourth-order valence-corrected chi connectivity index (χ4v) is 3.93. The molecule has 1 aliphatic carbocycles. The highest BCUT2D eigenvalue weighted by Gasteiger charge is 2.41. The van der Waals surface area contributed by atoms with E-state index < -0.39 is 19.1 Å². The van der Waals surface area contributed by atoms with Gasteiger partial charge in [0, 0.05) is 19.0 Å². The van der Waals surface area contributed by atoms with Gasteiger partial charge in [-0.3, -0.25) is 9.59 Å². The fraction of sp³-hybridized carbons (Fsp3) is 0.310. The lowest BCUT2D eigenvalue weighted by Gasteiger charge is -2.32. The standard InChI is InChI=1S/C29H32F2N2O4/c1-3-5-20(4-2)18-32-29(36)28(22-9-15-25(16-10-22)37-19-26(30)31)33(23-11-12-23)27(35)17-8-21-6-13-24(34)14-7-21/h3-7,9-10,13-16,23,26,28,34H,1-2,8,11-12,17-19H2,(H,32,36)/b20-5+. The van der Waals surface area contributed by atoms with Crippen LogP contribution in [0.3, 0.4) is 0 Å². The highest BCUT2D eigenvalue weighted by Crippen LogP contribution is 2.36. The molecular formula is C29H32F2N2O4. The van der Waals surface area contributed by atoms with E-state index in [4.69, 9.17) is 4.74 Å². The maximum absolute atomic E-state index is 13.5. The molecule has 196 valence electrons. The maximum atomic E-state index is 13.5. The zero-order chi connectivity index (χ0) is 26.8. The summed E-state index contributed by atoms with van der Waals surface area (Å²) in [6.45, 7) is 6.89. The van der Waals surface area contributed by atoms with Crippen LogP contribution >= 0.6 is 0 Å². The van der Waals surface area contributed by atoms with Crippen molar-refractivity contribution in [2.24, 2.45) is 0 Å². The summed E-state index contributed by atoms with van der Waals surface area (Å²) in [5, 5.41) is 12.4. The van der Waals surface area contributed by atoms with Crippen molar-refractivity contribution < 1.29 is 28.2 Å². The molecule has 1 atom stereocenters. The number of amides is 2. The molecular weight excluding hydrogens is 478 g/mol. The number of halogens is 2. The quantitative estimate of drug-likeness (QED) is 0.346. The number of aryl methyl sites for hydroxylation is 1. The number of nitrogens with zero attached hydrogens (tertiary/aromatic N) is 1. The number of alkyl halides is 2.